The van der Waals surface area contributed by atoms with Crippen molar-refractivity contribution in [1.29, 1.82) is 0 Å². The third-order valence-electron chi connectivity index (χ3n) is 5.60. The summed E-state index contributed by atoms with van der Waals surface area (Å²) in [5.41, 5.74) is 1.42. The number of hydrogen-bond acceptors (Lipinski definition) is 6. The summed E-state index contributed by atoms with van der Waals surface area (Å²) in [6.45, 7) is 11.0. The largest absolute Gasteiger partial charge is 0.444 e. The molecule has 0 aliphatic carbocycles. The molecule has 1 amide bonds. The number of halogens is 2. The van der Waals surface area contributed by atoms with Crippen molar-refractivity contribution in [2.75, 3.05) is 29.9 Å². The highest BCUT2D eigenvalue weighted by Crippen LogP contribution is 2.35. The van der Waals surface area contributed by atoms with Crippen molar-refractivity contribution in [3.05, 3.63) is 62.1 Å². The van der Waals surface area contributed by atoms with E-state index in [4.69, 9.17) is 27.9 Å². The zero-order chi connectivity index (χ0) is 25.2. The summed E-state index contributed by atoms with van der Waals surface area (Å²) in [4.78, 5) is 27.6. The predicted molar refractivity (Wildman–Crippen MR) is 136 cm³/mol. The van der Waals surface area contributed by atoms with Crippen LogP contribution in [0.4, 0.5) is 21.9 Å². The first kappa shape index (κ1) is 25.9. The molecule has 0 bridgehead atoms. The second-order valence-electron chi connectivity index (χ2n) is 9.46. The topological polar surface area (TPSA) is 88.0 Å². The van der Waals surface area contributed by atoms with Crippen LogP contribution >= 0.6 is 23.2 Å². The molecule has 2 aromatic carbocycles. The molecule has 34 heavy (non-hydrogen) atoms. The highest BCUT2D eigenvalue weighted by atomic mass is 35.5. The Bertz CT molecular complexity index is 1070. The number of piperazine rings is 1. The number of benzene rings is 2. The maximum Gasteiger partial charge on any atom is 0.410 e. The van der Waals surface area contributed by atoms with Crippen LogP contribution in [0, 0.1) is 10.1 Å². The van der Waals surface area contributed by atoms with Crippen molar-refractivity contribution in [1.82, 2.24) is 4.90 Å². The summed E-state index contributed by atoms with van der Waals surface area (Å²) >= 11 is 12.3. The van der Waals surface area contributed by atoms with Gasteiger partial charge < -0.3 is 19.9 Å². The number of ether oxygens (including phenoxy) is 1. The van der Waals surface area contributed by atoms with Gasteiger partial charge in [0, 0.05) is 47.5 Å². The molecule has 1 unspecified atom stereocenters. The van der Waals surface area contributed by atoms with Crippen molar-refractivity contribution in [2.24, 2.45) is 0 Å². The van der Waals surface area contributed by atoms with Gasteiger partial charge >= 0.3 is 6.09 Å². The van der Waals surface area contributed by atoms with Crippen LogP contribution in [0.25, 0.3) is 0 Å². The first-order chi connectivity index (χ1) is 15.9. The third kappa shape index (κ3) is 6.24. The van der Waals surface area contributed by atoms with Gasteiger partial charge in [0.1, 0.15) is 11.3 Å². The monoisotopic (exact) mass is 508 g/mol. The van der Waals surface area contributed by atoms with Gasteiger partial charge in [-0.1, -0.05) is 29.3 Å². The number of nitro benzene ring substituents is 1. The number of amides is 1. The zero-order valence-corrected chi connectivity index (χ0v) is 21.5. The van der Waals surface area contributed by atoms with E-state index in [-0.39, 0.29) is 23.9 Å². The van der Waals surface area contributed by atoms with Gasteiger partial charge in [0.05, 0.1) is 11.0 Å². The minimum atomic E-state index is -0.559. The summed E-state index contributed by atoms with van der Waals surface area (Å²) in [5.74, 6) is 0. The van der Waals surface area contributed by atoms with Crippen molar-refractivity contribution in [3.63, 3.8) is 0 Å². The van der Waals surface area contributed by atoms with Gasteiger partial charge in [-0.05, 0) is 64.4 Å². The maximum absolute atomic E-state index is 12.5. The lowest BCUT2D eigenvalue weighted by atomic mass is 10.1. The lowest BCUT2D eigenvalue weighted by Gasteiger charge is -2.41. The van der Waals surface area contributed by atoms with E-state index in [1.165, 1.54) is 6.07 Å². The van der Waals surface area contributed by atoms with Crippen molar-refractivity contribution < 1.29 is 14.5 Å². The van der Waals surface area contributed by atoms with Crippen LogP contribution in [0.2, 0.25) is 10.0 Å². The van der Waals surface area contributed by atoms with Crippen LogP contribution in [0.3, 0.4) is 0 Å². The number of nitrogens with one attached hydrogen (secondary N) is 1. The fourth-order valence-electron chi connectivity index (χ4n) is 3.94. The zero-order valence-electron chi connectivity index (χ0n) is 20.0. The quantitative estimate of drug-likeness (QED) is 0.365. The first-order valence-electron chi connectivity index (χ1n) is 11.1. The average Bonchev–Trinajstić information content (AvgIpc) is 2.71. The molecule has 1 aliphatic rings. The van der Waals surface area contributed by atoms with Crippen LogP contribution in [0.1, 0.15) is 46.2 Å². The van der Waals surface area contributed by atoms with E-state index in [0.717, 1.165) is 11.3 Å². The number of rotatable bonds is 5. The molecule has 0 aromatic heterocycles. The Morgan fingerprint density at radius 1 is 1.21 bits per heavy atom. The van der Waals surface area contributed by atoms with Gasteiger partial charge in [0.15, 0.2) is 0 Å². The Morgan fingerprint density at radius 2 is 1.91 bits per heavy atom. The van der Waals surface area contributed by atoms with Crippen LogP contribution in [-0.4, -0.2) is 47.2 Å². The van der Waals surface area contributed by atoms with E-state index < -0.39 is 10.5 Å². The second kappa shape index (κ2) is 10.3. The van der Waals surface area contributed by atoms with Gasteiger partial charge in [-0.25, -0.2) is 4.79 Å². The Balaban J connectivity index is 1.80. The second-order valence-corrected chi connectivity index (χ2v) is 10.3. The summed E-state index contributed by atoms with van der Waals surface area (Å²) in [7, 11) is 0. The summed E-state index contributed by atoms with van der Waals surface area (Å²) in [5, 5.41) is 15.9. The highest BCUT2D eigenvalue weighted by Gasteiger charge is 2.31. The molecule has 1 fully saturated rings. The minimum Gasteiger partial charge on any atom is -0.444 e. The lowest BCUT2D eigenvalue weighted by Crippen LogP contribution is -2.55. The molecule has 1 saturated heterocycles. The number of nitro groups is 1. The third-order valence-corrected chi connectivity index (χ3v) is 6.16. The molecule has 1 aliphatic heterocycles. The molecule has 3 rings (SSSR count). The predicted octanol–water partition coefficient (Wildman–Crippen LogP) is 6.52. The summed E-state index contributed by atoms with van der Waals surface area (Å²) < 4.78 is 5.52. The average molecular weight is 509 g/mol. The molecule has 10 heteroatoms. The van der Waals surface area contributed by atoms with Crippen molar-refractivity contribution in [2.45, 2.75) is 52.3 Å². The number of carbonyl (C=O) groups excluding carboxylic acids is 1. The van der Waals surface area contributed by atoms with E-state index in [1.807, 2.05) is 34.6 Å². The van der Waals surface area contributed by atoms with Gasteiger partial charge in [-0.15, -0.1) is 0 Å². The summed E-state index contributed by atoms with van der Waals surface area (Å²) in [6, 6.07) is 9.81. The first-order valence-corrected chi connectivity index (χ1v) is 11.9. The van der Waals surface area contributed by atoms with Gasteiger partial charge in [0.25, 0.3) is 5.69 Å². The molecule has 1 heterocycles. The molecule has 1 N–H and O–H groups in total. The van der Waals surface area contributed by atoms with E-state index in [0.29, 0.717) is 35.4 Å². The fraction of sp³-hybridized carbons (Fsp3) is 0.458. The molecule has 2 atom stereocenters. The molecule has 8 nitrogen and oxygen atoms in total. The molecule has 2 aromatic rings. The fourth-order valence-corrected chi connectivity index (χ4v) is 4.52. The Labute approximate surface area is 209 Å². The van der Waals surface area contributed by atoms with Crippen LogP contribution < -0.4 is 10.2 Å². The van der Waals surface area contributed by atoms with E-state index in [2.05, 4.69) is 10.2 Å². The van der Waals surface area contributed by atoms with Gasteiger partial charge in [0.2, 0.25) is 0 Å². The van der Waals surface area contributed by atoms with Crippen LogP contribution in [0.15, 0.2) is 36.4 Å². The van der Waals surface area contributed by atoms with Gasteiger partial charge in [-0.2, -0.15) is 0 Å². The molecule has 0 radical (unpaired) electrons. The molecular formula is C24H30Cl2N4O4. The van der Waals surface area contributed by atoms with Crippen LogP contribution in [-0.2, 0) is 4.74 Å². The van der Waals surface area contributed by atoms with Gasteiger partial charge in [-0.3, -0.25) is 10.1 Å². The number of carbonyl (C=O) groups is 1. The van der Waals surface area contributed by atoms with Crippen molar-refractivity contribution in [3.8, 4) is 0 Å². The number of hydrogen-bond donors (Lipinski definition) is 1. The Kier molecular flexibility index (Phi) is 7.83. The smallest absolute Gasteiger partial charge is 0.410 e. The van der Waals surface area contributed by atoms with E-state index in [9.17, 15) is 14.9 Å². The molecule has 0 spiro atoms. The van der Waals surface area contributed by atoms with Crippen LogP contribution in [0.5, 0.6) is 0 Å². The highest BCUT2D eigenvalue weighted by molar-refractivity contribution is 6.35. The number of nitrogens with zero attached hydrogens (tertiary/aromatic N) is 3. The Hall–Kier alpha value is -2.71. The molecular weight excluding hydrogens is 479 g/mol. The lowest BCUT2D eigenvalue weighted by molar-refractivity contribution is -0.384. The van der Waals surface area contributed by atoms with E-state index >= 15 is 0 Å². The summed E-state index contributed by atoms with van der Waals surface area (Å²) in [6.07, 6.45) is -0.334. The minimum absolute atomic E-state index is 0.0267. The normalized spacial score (nSPS) is 17.3. The standard InChI is InChI=1S/C24H30Cl2N4O4/c1-15-14-28(10-11-29(15)23(31)34-24(3,4)5)18-7-9-22(30(32)33)21(13-18)27-16(2)19-8-6-17(25)12-20(19)26/h6-9,12-13,15-16,27H,10-11,14H2,1-5H3/t15?,16-/m1/s1. The maximum atomic E-state index is 12.5. The van der Waals surface area contributed by atoms with Crippen molar-refractivity contribution >= 4 is 46.4 Å². The number of anilines is 2. The molecule has 184 valence electrons. The van der Waals surface area contributed by atoms with E-state index in [1.54, 1.807) is 35.2 Å². The molecule has 0 saturated carbocycles. The Morgan fingerprint density at radius 3 is 2.50 bits per heavy atom. The SMILES string of the molecule is CC1CN(c2ccc([N+](=O)[O-])c(N[C@H](C)c3ccc(Cl)cc3Cl)c2)CCN1C(=O)OC(C)(C)C.